The molecule has 2 aliphatic rings. The Morgan fingerprint density at radius 1 is 1.41 bits per heavy atom. The van der Waals surface area contributed by atoms with Crippen molar-refractivity contribution in [1.29, 1.82) is 0 Å². The topological polar surface area (TPSA) is 59.4 Å². The van der Waals surface area contributed by atoms with Crippen LogP contribution in [0.5, 0.6) is 0 Å². The lowest BCUT2D eigenvalue weighted by atomic mass is 10.1. The van der Waals surface area contributed by atoms with E-state index >= 15 is 0 Å². The number of carbonyl (C=O) groups excluding carboxylic acids is 1. The number of ether oxygens (including phenoxy) is 1. The second kappa shape index (κ2) is 7.24. The van der Waals surface area contributed by atoms with Crippen LogP contribution in [0.2, 0.25) is 0 Å². The number of rotatable bonds is 6. The molecule has 0 saturated carbocycles. The molecule has 122 valence electrons. The Morgan fingerprint density at radius 2 is 2.23 bits per heavy atom. The van der Waals surface area contributed by atoms with Gasteiger partial charge < -0.3 is 15.0 Å². The number of piperidine rings is 1. The molecule has 6 nitrogen and oxygen atoms in total. The van der Waals surface area contributed by atoms with Gasteiger partial charge in [0.25, 0.3) is 5.91 Å². The third kappa shape index (κ3) is 3.67. The summed E-state index contributed by atoms with van der Waals surface area (Å²) in [4.78, 5) is 14.6. The van der Waals surface area contributed by atoms with Crippen molar-refractivity contribution in [3.63, 3.8) is 0 Å². The lowest BCUT2D eigenvalue weighted by molar-refractivity contribution is 0.0934. The molecule has 1 amide bonds. The molecule has 1 unspecified atom stereocenters. The zero-order valence-electron chi connectivity index (χ0n) is 13.4. The van der Waals surface area contributed by atoms with Gasteiger partial charge in [0.15, 0.2) is 0 Å². The molecule has 1 N–H and O–H groups in total. The van der Waals surface area contributed by atoms with Crippen molar-refractivity contribution in [3.8, 4) is 0 Å². The Kier molecular flexibility index (Phi) is 5.10. The first kappa shape index (κ1) is 15.5. The van der Waals surface area contributed by atoms with Gasteiger partial charge in [-0.1, -0.05) is 6.42 Å². The van der Waals surface area contributed by atoms with Crippen molar-refractivity contribution in [2.45, 2.75) is 44.8 Å². The molecule has 22 heavy (non-hydrogen) atoms. The van der Waals surface area contributed by atoms with Crippen LogP contribution in [-0.4, -0.2) is 60.0 Å². The van der Waals surface area contributed by atoms with E-state index in [1.807, 2.05) is 10.7 Å². The Labute approximate surface area is 131 Å². The van der Waals surface area contributed by atoms with Crippen LogP contribution < -0.4 is 5.32 Å². The van der Waals surface area contributed by atoms with Gasteiger partial charge in [0, 0.05) is 25.8 Å². The minimum Gasteiger partial charge on any atom is -0.379 e. The number of hydrogen-bond acceptors (Lipinski definition) is 4. The summed E-state index contributed by atoms with van der Waals surface area (Å²) >= 11 is 0. The lowest BCUT2D eigenvalue weighted by Crippen LogP contribution is -2.33. The molecule has 2 aliphatic heterocycles. The van der Waals surface area contributed by atoms with Crippen LogP contribution in [0.25, 0.3) is 0 Å². The molecule has 1 atom stereocenters. The predicted octanol–water partition coefficient (Wildman–Crippen LogP) is 1.06. The highest BCUT2D eigenvalue weighted by molar-refractivity contribution is 5.92. The summed E-state index contributed by atoms with van der Waals surface area (Å²) in [6.07, 6.45) is 6.03. The van der Waals surface area contributed by atoms with Crippen LogP contribution >= 0.6 is 0 Å². The number of fused-ring (bicyclic) bond motifs is 1. The third-order valence-corrected chi connectivity index (χ3v) is 4.63. The van der Waals surface area contributed by atoms with E-state index in [4.69, 9.17) is 4.74 Å². The van der Waals surface area contributed by atoms with Crippen molar-refractivity contribution < 1.29 is 9.53 Å². The van der Waals surface area contributed by atoms with Gasteiger partial charge in [-0.15, -0.1) is 0 Å². The van der Waals surface area contributed by atoms with E-state index in [0.717, 1.165) is 38.2 Å². The molecule has 1 aromatic heterocycles. The van der Waals surface area contributed by atoms with E-state index in [9.17, 15) is 4.79 Å². The van der Waals surface area contributed by atoms with Gasteiger partial charge in [-0.25, -0.2) is 0 Å². The summed E-state index contributed by atoms with van der Waals surface area (Å²) in [6.45, 7) is 4.96. The molecular formula is C16H26N4O2. The standard InChI is InChI=1S/C16H26N4O2/c1-22-14-10-13-11-15(18-20(13)12-14)16(21)17-6-5-9-19-7-3-2-4-8-19/h11,14H,2-10,12H2,1H3,(H,17,21). The maximum atomic E-state index is 12.1. The monoisotopic (exact) mass is 306 g/mol. The Balaban J connectivity index is 1.39. The molecular weight excluding hydrogens is 280 g/mol. The molecule has 0 aromatic carbocycles. The Bertz CT molecular complexity index is 485. The number of hydrogen-bond donors (Lipinski definition) is 1. The van der Waals surface area contributed by atoms with Gasteiger partial charge >= 0.3 is 0 Å². The fourth-order valence-electron chi connectivity index (χ4n) is 3.32. The minimum atomic E-state index is -0.0606. The number of aromatic nitrogens is 2. The molecule has 1 fully saturated rings. The van der Waals surface area contributed by atoms with E-state index in [1.165, 1.54) is 32.4 Å². The molecule has 3 rings (SSSR count). The van der Waals surface area contributed by atoms with Crippen molar-refractivity contribution in [2.75, 3.05) is 33.3 Å². The summed E-state index contributed by atoms with van der Waals surface area (Å²) in [5.41, 5.74) is 1.62. The van der Waals surface area contributed by atoms with E-state index in [2.05, 4.69) is 15.3 Å². The number of nitrogens with zero attached hydrogens (tertiary/aromatic N) is 3. The normalized spacial score (nSPS) is 21.8. The zero-order chi connectivity index (χ0) is 15.4. The van der Waals surface area contributed by atoms with Gasteiger partial charge in [0.1, 0.15) is 5.69 Å². The van der Waals surface area contributed by atoms with Crippen molar-refractivity contribution in [1.82, 2.24) is 20.0 Å². The fourth-order valence-corrected chi connectivity index (χ4v) is 3.32. The number of methoxy groups -OCH3 is 1. The number of likely N-dealkylation sites (tertiary alicyclic amines) is 1. The smallest absolute Gasteiger partial charge is 0.271 e. The minimum absolute atomic E-state index is 0.0606. The second-order valence-corrected chi connectivity index (χ2v) is 6.28. The number of carbonyl (C=O) groups is 1. The highest BCUT2D eigenvalue weighted by Crippen LogP contribution is 2.17. The molecule has 1 saturated heterocycles. The van der Waals surface area contributed by atoms with Gasteiger partial charge in [0.2, 0.25) is 0 Å². The molecule has 6 heteroatoms. The van der Waals surface area contributed by atoms with Crippen LogP contribution in [0.15, 0.2) is 6.07 Å². The maximum Gasteiger partial charge on any atom is 0.271 e. The SMILES string of the molecule is COC1Cc2cc(C(=O)NCCCN3CCCCC3)nn2C1. The lowest BCUT2D eigenvalue weighted by Gasteiger charge is -2.26. The molecule has 0 aliphatic carbocycles. The molecule has 0 bridgehead atoms. The van der Waals surface area contributed by atoms with Gasteiger partial charge in [-0.2, -0.15) is 5.10 Å². The maximum absolute atomic E-state index is 12.1. The largest absolute Gasteiger partial charge is 0.379 e. The average Bonchev–Trinajstić information content (AvgIpc) is 3.10. The number of nitrogens with one attached hydrogen (secondary N) is 1. The Hall–Kier alpha value is -1.40. The van der Waals surface area contributed by atoms with E-state index in [-0.39, 0.29) is 12.0 Å². The summed E-state index contributed by atoms with van der Waals surface area (Å²) < 4.78 is 7.21. The summed E-state index contributed by atoms with van der Waals surface area (Å²) in [5.74, 6) is -0.0606. The van der Waals surface area contributed by atoms with Gasteiger partial charge in [-0.3, -0.25) is 9.48 Å². The van der Waals surface area contributed by atoms with Crippen molar-refractivity contribution >= 4 is 5.91 Å². The van der Waals surface area contributed by atoms with Crippen LogP contribution in [0, 0.1) is 0 Å². The molecule has 0 radical (unpaired) electrons. The highest BCUT2D eigenvalue weighted by atomic mass is 16.5. The van der Waals surface area contributed by atoms with Crippen molar-refractivity contribution in [3.05, 3.63) is 17.5 Å². The zero-order valence-corrected chi connectivity index (χ0v) is 13.4. The first-order valence-electron chi connectivity index (χ1n) is 8.36. The Morgan fingerprint density at radius 3 is 2.95 bits per heavy atom. The summed E-state index contributed by atoms with van der Waals surface area (Å²) in [6, 6.07) is 1.89. The van der Waals surface area contributed by atoms with E-state index in [0.29, 0.717) is 5.69 Å². The quantitative estimate of drug-likeness (QED) is 0.799. The first-order chi connectivity index (χ1) is 10.8. The van der Waals surface area contributed by atoms with Crippen LogP contribution in [0.3, 0.4) is 0 Å². The third-order valence-electron chi connectivity index (χ3n) is 4.63. The van der Waals surface area contributed by atoms with Crippen LogP contribution in [0.4, 0.5) is 0 Å². The molecule has 1 aromatic rings. The number of amides is 1. The van der Waals surface area contributed by atoms with Crippen molar-refractivity contribution in [2.24, 2.45) is 0 Å². The van der Waals surface area contributed by atoms with Gasteiger partial charge in [0.05, 0.1) is 12.6 Å². The summed E-state index contributed by atoms with van der Waals surface area (Å²) in [5, 5.41) is 7.35. The predicted molar refractivity (Wildman–Crippen MR) is 84.0 cm³/mol. The average molecular weight is 306 g/mol. The van der Waals surface area contributed by atoms with E-state index < -0.39 is 0 Å². The van der Waals surface area contributed by atoms with Crippen LogP contribution in [0.1, 0.15) is 41.9 Å². The first-order valence-corrected chi connectivity index (χ1v) is 8.36. The van der Waals surface area contributed by atoms with Crippen LogP contribution in [-0.2, 0) is 17.7 Å². The highest BCUT2D eigenvalue weighted by Gasteiger charge is 2.24. The summed E-state index contributed by atoms with van der Waals surface area (Å²) in [7, 11) is 1.72. The molecule has 0 spiro atoms. The van der Waals surface area contributed by atoms with Gasteiger partial charge in [-0.05, 0) is 45.0 Å². The molecule has 3 heterocycles. The van der Waals surface area contributed by atoms with E-state index in [1.54, 1.807) is 7.11 Å². The second-order valence-electron chi connectivity index (χ2n) is 6.28. The fraction of sp³-hybridized carbons (Fsp3) is 0.750.